The molecule has 0 aromatic carbocycles. The van der Waals surface area contributed by atoms with Crippen molar-refractivity contribution in [1.29, 1.82) is 0 Å². The van der Waals surface area contributed by atoms with Crippen LogP contribution in [0.15, 0.2) is 18.3 Å². The molecule has 17 heavy (non-hydrogen) atoms. The van der Waals surface area contributed by atoms with E-state index in [1.54, 1.807) is 18.3 Å². The molecule has 0 aliphatic heterocycles. The Kier molecular flexibility index (Phi) is 4.45. The van der Waals surface area contributed by atoms with E-state index in [-0.39, 0.29) is 12.6 Å². The van der Waals surface area contributed by atoms with E-state index >= 15 is 0 Å². The highest BCUT2D eigenvalue weighted by Gasteiger charge is 2.19. The Hall–Kier alpha value is -1.62. The molecule has 0 unspecified atom stereocenters. The number of carbonyl (C=O) groups excluding carboxylic acids is 1. The summed E-state index contributed by atoms with van der Waals surface area (Å²) < 4.78 is 0. The van der Waals surface area contributed by atoms with Gasteiger partial charge >= 0.3 is 6.03 Å². The summed E-state index contributed by atoms with van der Waals surface area (Å²) in [7, 11) is 0. The first-order valence-electron chi connectivity index (χ1n) is 5.56. The quantitative estimate of drug-likeness (QED) is 0.745. The second-order valence-electron chi connectivity index (χ2n) is 4.62. The van der Waals surface area contributed by atoms with Crippen molar-refractivity contribution in [3.05, 3.63) is 24.0 Å². The summed E-state index contributed by atoms with van der Waals surface area (Å²) in [5.74, 6) is 0. The van der Waals surface area contributed by atoms with E-state index in [4.69, 9.17) is 5.11 Å². The summed E-state index contributed by atoms with van der Waals surface area (Å²) in [6.07, 6.45) is 2.15. The predicted molar refractivity (Wildman–Crippen MR) is 66.9 cm³/mol. The Labute approximate surface area is 101 Å². The molecule has 1 aromatic heterocycles. The standard InChI is InChI=1S/C12H19N3O2/c1-9-8-10(4-6-13-9)14-11(17)15-12(2,3)5-7-16/h4,6,8,16H,5,7H2,1-3H3,(H2,13,14,15,17). The molecule has 1 rings (SSSR count). The van der Waals surface area contributed by atoms with E-state index in [1.165, 1.54) is 0 Å². The van der Waals surface area contributed by atoms with Crippen LogP contribution < -0.4 is 10.6 Å². The van der Waals surface area contributed by atoms with Crippen LogP contribution in [-0.4, -0.2) is 28.3 Å². The summed E-state index contributed by atoms with van der Waals surface area (Å²) in [6.45, 7) is 5.63. The molecule has 0 spiro atoms. The van der Waals surface area contributed by atoms with Crippen LogP contribution in [0.3, 0.4) is 0 Å². The first-order valence-corrected chi connectivity index (χ1v) is 5.56. The van der Waals surface area contributed by atoms with Crippen molar-refractivity contribution < 1.29 is 9.90 Å². The molecule has 0 radical (unpaired) electrons. The summed E-state index contributed by atoms with van der Waals surface area (Å²) in [5, 5.41) is 14.4. The Morgan fingerprint density at radius 1 is 1.53 bits per heavy atom. The molecule has 0 fully saturated rings. The maximum atomic E-state index is 11.7. The number of aliphatic hydroxyl groups excluding tert-OH is 1. The number of pyridine rings is 1. The molecule has 5 nitrogen and oxygen atoms in total. The Balaban J connectivity index is 2.55. The average molecular weight is 237 g/mol. The monoisotopic (exact) mass is 237 g/mol. The molecule has 94 valence electrons. The zero-order valence-corrected chi connectivity index (χ0v) is 10.4. The van der Waals surface area contributed by atoms with Gasteiger partial charge in [-0.1, -0.05) is 0 Å². The number of carbonyl (C=O) groups is 1. The van der Waals surface area contributed by atoms with Gasteiger partial charge in [-0.05, 0) is 39.3 Å². The molecule has 0 aliphatic carbocycles. The lowest BCUT2D eigenvalue weighted by atomic mass is 10.0. The Bertz CT molecular complexity index is 391. The number of nitrogens with one attached hydrogen (secondary N) is 2. The van der Waals surface area contributed by atoms with Gasteiger partial charge in [0.15, 0.2) is 0 Å². The van der Waals surface area contributed by atoms with Crippen LogP contribution in [0, 0.1) is 6.92 Å². The minimum absolute atomic E-state index is 0.0433. The second-order valence-corrected chi connectivity index (χ2v) is 4.62. The van der Waals surface area contributed by atoms with Crippen LogP contribution in [0.2, 0.25) is 0 Å². The van der Waals surface area contributed by atoms with Crippen molar-refractivity contribution >= 4 is 11.7 Å². The molecular formula is C12H19N3O2. The average Bonchev–Trinajstić information content (AvgIpc) is 2.15. The minimum Gasteiger partial charge on any atom is -0.396 e. The van der Waals surface area contributed by atoms with Crippen molar-refractivity contribution in [2.75, 3.05) is 11.9 Å². The molecule has 0 bridgehead atoms. The highest BCUT2D eigenvalue weighted by molar-refractivity contribution is 5.89. The Morgan fingerprint density at radius 2 is 2.24 bits per heavy atom. The highest BCUT2D eigenvalue weighted by Crippen LogP contribution is 2.10. The highest BCUT2D eigenvalue weighted by atomic mass is 16.3. The number of hydrogen-bond acceptors (Lipinski definition) is 3. The largest absolute Gasteiger partial charge is 0.396 e. The molecule has 5 heteroatoms. The lowest BCUT2D eigenvalue weighted by molar-refractivity contribution is 0.218. The fourth-order valence-corrected chi connectivity index (χ4v) is 1.44. The fourth-order valence-electron chi connectivity index (χ4n) is 1.44. The minimum atomic E-state index is -0.430. The molecule has 1 heterocycles. The topological polar surface area (TPSA) is 74.2 Å². The smallest absolute Gasteiger partial charge is 0.319 e. The van der Waals surface area contributed by atoms with Gasteiger partial charge in [-0.25, -0.2) is 4.79 Å². The number of aryl methyl sites for hydroxylation is 1. The molecule has 1 aromatic rings. The summed E-state index contributed by atoms with van der Waals surface area (Å²) in [4.78, 5) is 15.7. The normalized spacial score (nSPS) is 11.1. The van der Waals surface area contributed by atoms with Crippen molar-refractivity contribution in [3.8, 4) is 0 Å². The number of nitrogens with zero attached hydrogens (tertiary/aromatic N) is 1. The third-order valence-electron chi connectivity index (χ3n) is 2.34. The SMILES string of the molecule is Cc1cc(NC(=O)NC(C)(C)CCO)ccn1. The number of anilines is 1. The lowest BCUT2D eigenvalue weighted by Crippen LogP contribution is -2.46. The lowest BCUT2D eigenvalue weighted by Gasteiger charge is -2.25. The van der Waals surface area contributed by atoms with Crippen molar-refractivity contribution in [3.63, 3.8) is 0 Å². The number of aliphatic hydroxyl groups is 1. The van der Waals surface area contributed by atoms with Crippen LogP contribution in [0.25, 0.3) is 0 Å². The molecule has 0 saturated heterocycles. The molecule has 2 amide bonds. The number of aromatic nitrogens is 1. The van der Waals surface area contributed by atoms with Crippen molar-refractivity contribution in [2.24, 2.45) is 0 Å². The Morgan fingerprint density at radius 3 is 2.82 bits per heavy atom. The zero-order chi connectivity index (χ0) is 12.9. The van der Waals surface area contributed by atoms with E-state index in [9.17, 15) is 4.79 Å². The van der Waals surface area contributed by atoms with Gasteiger partial charge in [0.05, 0.1) is 0 Å². The predicted octanol–water partition coefficient (Wildman–Crippen LogP) is 1.67. The van der Waals surface area contributed by atoms with Crippen LogP contribution >= 0.6 is 0 Å². The molecule has 3 N–H and O–H groups in total. The number of urea groups is 1. The number of amides is 2. The van der Waals surface area contributed by atoms with Crippen molar-refractivity contribution in [2.45, 2.75) is 32.7 Å². The van der Waals surface area contributed by atoms with E-state index < -0.39 is 5.54 Å². The van der Waals surface area contributed by atoms with Gasteiger partial charge in [0, 0.05) is 29.7 Å². The van der Waals surface area contributed by atoms with Crippen LogP contribution in [-0.2, 0) is 0 Å². The van der Waals surface area contributed by atoms with Gasteiger partial charge in [-0.3, -0.25) is 4.98 Å². The fraction of sp³-hybridized carbons (Fsp3) is 0.500. The molecule has 0 aliphatic rings. The third-order valence-corrected chi connectivity index (χ3v) is 2.34. The van der Waals surface area contributed by atoms with E-state index in [1.807, 2.05) is 20.8 Å². The van der Waals surface area contributed by atoms with Gasteiger partial charge in [-0.2, -0.15) is 0 Å². The summed E-state index contributed by atoms with van der Waals surface area (Å²) >= 11 is 0. The molecule has 0 saturated carbocycles. The molecular weight excluding hydrogens is 218 g/mol. The zero-order valence-electron chi connectivity index (χ0n) is 10.4. The van der Waals surface area contributed by atoms with E-state index in [0.29, 0.717) is 12.1 Å². The van der Waals surface area contributed by atoms with Gasteiger partial charge < -0.3 is 15.7 Å². The van der Waals surface area contributed by atoms with E-state index in [0.717, 1.165) is 5.69 Å². The van der Waals surface area contributed by atoms with Gasteiger partial charge in [0.25, 0.3) is 0 Å². The van der Waals surface area contributed by atoms with Gasteiger partial charge in [-0.15, -0.1) is 0 Å². The van der Waals surface area contributed by atoms with Crippen molar-refractivity contribution in [1.82, 2.24) is 10.3 Å². The first-order chi connectivity index (χ1) is 7.93. The van der Waals surface area contributed by atoms with E-state index in [2.05, 4.69) is 15.6 Å². The maximum absolute atomic E-state index is 11.7. The van der Waals surface area contributed by atoms with Crippen LogP contribution in [0.1, 0.15) is 26.0 Å². The summed E-state index contributed by atoms with van der Waals surface area (Å²) in [5.41, 5.74) is 1.12. The molecule has 0 atom stereocenters. The first kappa shape index (κ1) is 13.4. The van der Waals surface area contributed by atoms with Crippen LogP contribution in [0.5, 0.6) is 0 Å². The number of rotatable bonds is 4. The third kappa shape index (κ3) is 4.82. The number of hydrogen-bond donors (Lipinski definition) is 3. The summed E-state index contributed by atoms with van der Waals surface area (Å²) in [6, 6.07) is 3.23. The second kappa shape index (κ2) is 5.63. The maximum Gasteiger partial charge on any atom is 0.319 e. The van der Waals surface area contributed by atoms with Gasteiger partial charge in [0.1, 0.15) is 0 Å². The van der Waals surface area contributed by atoms with Gasteiger partial charge in [0.2, 0.25) is 0 Å². The van der Waals surface area contributed by atoms with Crippen LogP contribution in [0.4, 0.5) is 10.5 Å².